The summed E-state index contributed by atoms with van der Waals surface area (Å²) in [6.45, 7) is 1.62. The van der Waals surface area contributed by atoms with Gasteiger partial charge >= 0.3 is 0 Å². The summed E-state index contributed by atoms with van der Waals surface area (Å²) in [5, 5.41) is 0. The second-order valence-corrected chi connectivity index (χ2v) is 2.97. The molecule has 0 spiro atoms. The summed E-state index contributed by atoms with van der Waals surface area (Å²) in [5.41, 5.74) is 6.99. The predicted octanol–water partition coefficient (Wildman–Crippen LogP) is 1.41. The van der Waals surface area contributed by atoms with Gasteiger partial charge in [-0.25, -0.2) is 0 Å². The minimum atomic E-state index is 0.773. The second kappa shape index (κ2) is 2.72. The van der Waals surface area contributed by atoms with Crippen molar-refractivity contribution in [2.24, 2.45) is 0 Å². The minimum Gasteiger partial charge on any atom is -0.277 e. The number of hydrogen-bond acceptors (Lipinski definition) is 1. The van der Waals surface area contributed by atoms with E-state index in [4.69, 9.17) is 4.84 Å². The summed E-state index contributed by atoms with van der Waals surface area (Å²) < 4.78 is 0. The lowest BCUT2D eigenvalue weighted by atomic mass is 9.92. The van der Waals surface area contributed by atoms with Gasteiger partial charge in [0.1, 0.15) is 0 Å². The van der Waals surface area contributed by atoms with Crippen LogP contribution in [0.2, 0.25) is 0 Å². The van der Waals surface area contributed by atoms with E-state index in [9.17, 15) is 0 Å². The standard InChI is InChI=1S/C8H12NO/c1-2-4-8-6-10-9-5-7(8)3-1/h1-6H2. The van der Waals surface area contributed by atoms with E-state index < -0.39 is 0 Å². The highest BCUT2D eigenvalue weighted by Gasteiger charge is 2.16. The highest BCUT2D eigenvalue weighted by Crippen LogP contribution is 2.26. The van der Waals surface area contributed by atoms with Crippen molar-refractivity contribution in [2.45, 2.75) is 25.7 Å². The SMILES string of the molecule is C1CCC2=C(C1)C[N]OC2. The van der Waals surface area contributed by atoms with Gasteiger partial charge in [0.15, 0.2) is 0 Å². The third-order valence-corrected chi connectivity index (χ3v) is 2.29. The van der Waals surface area contributed by atoms with Gasteiger partial charge in [-0.3, -0.25) is 4.84 Å². The molecule has 2 nitrogen and oxygen atoms in total. The average Bonchev–Trinajstić information content (AvgIpc) is 2.05. The van der Waals surface area contributed by atoms with Crippen LogP contribution in [0.4, 0.5) is 0 Å². The molecule has 10 heavy (non-hydrogen) atoms. The Labute approximate surface area is 61.2 Å². The van der Waals surface area contributed by atoms with Crippen molar-refractivity contribution in [2.75, 3.05) is 13.2 Å². The van der Waals surface area contributed by atoms with Gasteiger partial charge in [-0.2, -0.15) is 0 Å². The van der Waals surface area contributed by atoms with E-state index >= 15 is 0 Å². The molecule has 1 aliphatic heterocycles. The molecular weight excluding hydrogens is 126 g/mol. The maximum absolute atomic E-state index is 5.01. The molecule has 0 amide bonds. The van der Waals surface area contributed by atoms with Crippen LogP contribution in [0.1, 0.15) is 25.7 Å². The molecule has 1 radical (unpaired) electrons. The van der Waals surface area contributed by atoms with E-state index in [0.717, 1.165) is 13.2 Å². The minimum absolute atomic E-state index is 0.773. The summed E-state index contributed by atoms with van der Waals surface area (Å²) in [7, 11) is 0. The highest BCUT2D eigenvalue weighted by molar-refractivity contribution is 5.19. The molecule has 2 heteroatoms. The molecule has 0 unspecified atom stereocenters. The Kier molecular flexibility index (Phi) is 1.74. The Balaban J connectivity index is 2.14. The fourth-order valence-electron chi connectivity index (χ4n) is 1.64. The van der Waals surface area contributed by atoms with Crippen LogP contribution >= 0.6 is 0 Å². The van der Waals surface area contributed by atoms with Gasteiger partial charge in [-0.1, -0.05) is 11.1 Å². The van der Waals surface area contributed by atoms with E-state index in [0.29, 0.717) is 0 Å². The summed E-state index contributed by atoms with van der Waals surface area (Å²) in [5.74, 6) is 0. The van der Waals surface area contributed by atoms with Crippen molar-refractivity contribution in [1.82, 2.24) is 5.48 Å². The summed E-state index contributed by atoms with van der Waals surface area (Å²) >= 11 is 0. The molecule has 0 aromatic heterocycles. The molecule has 0 saturated carbocycles. The van der Waals surface area contributed by atoms with Crippen molar-refractivity contribution in [3.63, 3.8) is 0 Å². The molecule has 0 atom stereocenters. The van der Waals surface area contributed by atoms with Gasteiger partial charge in [0, 0.05) is 0 Å². The lowest BCUT2D eigenvalue weighted by Gasteiger charge is -2.23. The Morgan fingerprint density at radius 3 is 2.70 bits per heavy atom. The Hall–Kier alpha value is -0.340. The third kappa shape index (κ3) is 1.09. The molecule has 55 valence electrons. The molecule has 0 saturated heterocycles. The normalized spacial score (nSPS) is 26.4. The van der Waals surface area contributed by atoms with Crippen molar-refractivity contribution in [1.29, 1.82) is 0 Å². The molecule has 0 aromatic rings. The smallest absolute Gasteiger partial charge is 0.0916 e. The van der Waals surface area contributed by atoms with Crippen molar-refractivity contribution < 1.29 is 4.84 Å². The first-order valence-electron chi connectivity index (χ1n) is 3.95. The van der Waals surface area contributed by atoms with E-state index in [-0.39, 0.29) is 0 Å². The van der Waals surface area contributed by atoms with Crippen LogP contribution in [-0.4, -0.2) is 13.2 Å². The molecule has 2 aliphatic rings. The number of hydroxylamine groups is 1. The number of nitrogens with zero attached hydrogens (tertiary/aromatic N) is 1. The number of hydrogen-bond donors (Lipinski definition) is 0. The first-order valence-corrected chi connectivity index (χ1v) is 3.95. The van der Waals surface area contributed by atoms with Crippen LogP contribution in [0.3, 0.4) is 0 Å². The Morgan fingerprint density at radius 1 is 1.10 bits per heavy atom. The van der Waals surface area contributed by atoms with E-state index in [1.807, 2.05) is 0 Å². The van der Waals surface area contributed by atoms with Crippen LogP contribution in [-0.2, 0) is 4.84 Å². The summed E-state index contributed by atoms with van der Waals surface area (Å²) in [6, 6.07) is 0. The van der Waals surface area contributed by atoms with Crippen LogP contribution in [0, 0.1) is 0 Å². The van der Waals surface area contributed by atoms with Gasteiger partial charge in [0.05, 0.1) is 13.2 Å². The first-order chi connectivity index (χ1) is 4.97. The summed E-state index contributed by atoms with van der Waals surface area (Å²) in [4.78, 5) is 5.01. The third-order valence-electron chi connectivity index (χ3n) is 2.29. The molecular formula is C8H12NO. The molecule has 1 aliphatic carbocycles. The van der Waals surface area contributed by atoms with Crippen LogP contribution < -0.4 is 5.48 Å². The summed E-state index contributed by atoms with van der Waals surface area (Å²) in [6.07, 6.45) is 5.23. The lowest BCUT2D eigenvalue weighted by molar-refractivity contribution is 0.0403. The zero-order valence-corrected chi connectivity index (χ0v) is 6.10. The van der Waals surface area contributed by atoms with E-state index in [1.54, 1.807) is 5.57 Å². The van der Waals surface area contributed by atoms with Gasteiger partial charge in [0.2, 0.25) is 0 Å². The fraction of sp³-hybridized carbons (Fsp3) is 0.750. The molecule has 2 rings (SSSR count). The second-order valence-electron chi connectivity index (χ2n) is 2.97. The van der Waals surface area contributed by atoms with Gasteiger partial charge in [-0.05, 0) is 31.3 Å². The zero-order valence-electron chi connectivity index (χ0n) is 6.10. The van der Waals surface area contributed by atoms with Crippen molar-refractivity contribution >= 4 is 0 Å². The Bertz CT molecular complexity index is 129. The number of rotatable bonds is 0. The predicted molar refractivity (Wildman–Crippen MR) is 38.4 cm³/mol. The maximum Gasteiger partial charge on any atom is 0.0916 e. The topological polar surface area (TPSA) is 23.3 Å². The molecule has 0 aromatic carbocycles. The van der Waals surface area contributed by atoms with E-state index in [1.165, 1.54) is 31.3 Å². The van der Waals surface area contributed by atoms with Crippen molar-refractivity contribution in [3.05, 3.63) is 11.1 Å². The zero-order chi connectivity index (χ0) is 6.81. The molecule has 0 fully saturated rings. The monoisotopic (exact) mass is 138 g/mol. The fourth-order valence-corrected chi connectivity index (χ4v) is 1.64. The first kappa shape index (κ1) is 6.38. The van der Waals surface area contributed by atoms with Crippen LogP contribution in [0.15, 0.2) is 11.1 Å². The van der Waals surface area contributed by atoms with Gasteiger partial charge in [0.25, 0.3) is 0 Å². The lowest BCUT2D eigenvalue weighted by Crippen LogP contribution is -2.22. The molecule has 0 N–H and O–H groups in total. The Morgan fingerprint density at radius 2 is 1.90 bits per heavy atom. The maximum atomic E-state index is 5.01. The van der Waals surface area contributed by atoms with Crippen molar-refractivity contribution in [3.8, 4) is 0 Å². The van der Waals surface area contributed by atoms with Gasteiger partial charge in [-0.15, -0.1) is 0 Å². The molecule has 0 bridgehead atoms. The van der Waals surface area contributed by atoms with Crippen LogP contribution in [0.5, 0.6) is 0 Å². The van der Waals surface area contributed by atoms with Crippen LogP contribution in [0.25, 0.3) is 0 Å². The van der Waals surface area contributed by atoms with Gasteiger partial charge < -0.3 is 0 Å². The highest BCUT2D eigenvalue weighted by atomic mass is 16.6. The largest absolute Gasteiger partial charge is 0.277 e. The van der Waals surface area contributed by atoms with E-state index in [2.05, 4.69) is 5.48 Å². The quantitative estimate of drug-likeness (QED) is 0.464. The average molecular weight is 138 g/mol. The molecule has 1 heterocycles.